The van der Waals surface area contributed by atoms with Crippen LogP contribution >= 0.6 is 0 Å². The fraction of sp³-hybridized carbons (Fsp3) is 0.571. The van der Waals surface area contributed by atoms with E-state index in [2.05, 4.69) is 65.8 Å². The van der Waals surface area contributed by atoms with Gasteiger partial charge in [0.1, 0.15) is 11.5 Å². The molecule has 2 aromatic carbocycles. The van der Waals surface area contributed by atoms with Gasteiger partial charge in [-0.3, -0.25) is 0 Å². The van der Waals surface area contributed by atoms with Gasteiger partial charge in [-0.05, 0) is 85.5 Å². The van der Waals surface area contributed by atoms with Crippen molar-refractivity contribution in [2.45, 2.75) is 104 Å². The first kappa shape index (κ1) is 24.3. The van der Waals surface area contributed by atoms with Crippen molar-refractivity contribution in [2.24, 2.45) is 0 Å². The molecule has 0 saturated heterocycles. The minimum absolute atomic E-state index is 0.0641. The molecule has 0 saturated carbocycles. The third kappa shape index (κ3) is 4.68. The summed E-state index contributed by atoms with van der Waals surface area (Å²) in [5.41, 5.74) is 4.57. The minimum atomic E-state index is 0.0641. The monoisotopic (exact) mass is 410 g/mol. The number of phenols is 2. The van der Waals surface area contributed by atoms with Gasteiger partial charge < -0.3 is 10.2 Å². The summed E-state index contributed by atoms with van der Waals surface area (Å²) in [5.74, 6) is 0.852. The second kappa shape index (κ2) is 10.4. The summed E-state index contributed by atoms with van der Waals surface area (Å²) in [5, 5.41) is 21.5. The van der Waals surface area contributed by atoms with E-state index in [-0.39, 0.29) is 10.8 Å². The summed E-state index contributed by atoms with van der Waals surface area (Å²) >= 11 is 0. The maximum atomic E-state index is 10.7. The Morgan fingerprint density at radius 2 is 0.833 bits per heavy atom. The van der Waals surface area contributed by atoms with E-state index in [9.17, 15) is 10.2 Å². The van der Waals surface area contributed by atoms with Crippen molar-refractivity contribution >= 4 is 0 Å². The van der Waals surface area contributed by atoms with Crippen molar-refractivity contribution in [3.63, 3.8) is 0 Å². The topological polar surface area (TPSA) is 40.5 Å². The first-order chi connectivity index (χ1) is 14.3. The van der Waals surface area contributed by atoms with Gasteiger partial charge in [-0.2, -0.15) is 0 Å². The van der Waals surface area contributed by atoms with Crippen LogP contribution in [0.25, 0.3) is 0 Å². The Balaban J connectivity index is 2.18. The fourth-order valence-electron chi connectivity index (χ4n) is 5.29. The van der Waals surface area contributed by atoms with Gasteiger partial charge in [-0.15, -0.1) is 0 Å². The molecule has 0 radical (unpaired) electrons. The van der Waals surface area contributed by atoms with Crippen molar-refractivity contribution in [3.05, 3.63) is 58.7 Å². The lowest BCUT2D eigenvalue weighted by Crippen LogP contribution is -2.23. The van der Waals surface area contributed by atoms with Crippen LogP contribution < -0.4 is 0 Å². The molecule has 2 nitrogen and oxygen atoms in total. The molecular formula is C28H42O2. The number of rotatable bonds is 11. The Hall–Kier alpha value is -1.96. The molecule has 0 aliphatic rings. The van der Waals surface area contributed by atoms with Crippen LogP contribution in [0.2, 0.25) is 0 Å². The molecule has 0 atom stereocenters. The van der Waals surface area contributed by atoms with Crippen LogP contribution in [0.15, 0.2) is 36.4 Å². The van der Waals surface area contributed by atoms with E-state index in [1.165, 1.54) is 0 Å². The van der Waals surface area contributed by atoms with Gasteiger partial charge >= 0.3 is 0 Å². The standard InChI is InChI=1S/C28H42O2/c1-7-27(8-2,9-3)23-17-15-21(19-25(23)29)13-14-22-16-18-24(26(30)20-22)28(10-4,11-5)12-6/h15-20,29-30H,7-14H2,1-6H3. The third-order valence-electron chi connectivity index (χ3n) is 8.03. The van der Waals surface area contributed by atoms with E-state index in [0.717, 1.165) is 73.6 Å². The SMILES string of the molecule is CCC(CC)(CC)c1ccc(CCc2ccc(C(CC)(CC)CC)c(O)c2)cc1O. The largest absolute Gasteiger partial charge is 0.508 e. The molecule has 2 heteroatoms. The summed E-state index contributed by atoms with van der Waals surface area (Å²) in [7, 11) is 0. The zero-order valence-corrected chi connectivity index (χ0v) is 20.0. The predicted octanol–water partition coefficient (Wildman–Crippen LogP) is 7.82. The quantitative estimate of drug-likeness (QED) is 0.396. The van der Waals surface area contributed by atoms with E-state index >= 15 is 0 Å². The molecule has 2 rings (SSSR count). The Labute approximate surface area is 184 Å². The Morgan fingerprint density at radius 1 is 0.533 bits per heavy atom. The predicted molar refractivity (Wildman–Crippen MR) is 129 cm³/mol. The minimum Gasteiger partial charge on any atom is -0.508 e. The highest BCUT2D eigenvalue weighted by Gasteiger charge is 2.30. The van der Waals surface area contributed by atoms with Crippen LogP contribution in [-0.4, -0.2) is 10.2 Å². The first-order valence-electron chi connectivity index (χ1n) is 12.0. The third-order valence-corrected chi connectivity index (χ3v) is 8.03. The Bertz CT molecular complexity index is 727. The Morgan fingerprint density at radius 3 is 1.07 bits per heavy atom. The number of hydrogen-bond acceptors (Lipinski definition) is 2. The van der Waals surface area contributed by atoms with E-state index < -0.39 is 0 Å². The number of hydrogen-bond donors (Lipinski definition) is 2. The molecule has 0 aromatic heterocycles. The molecule has 2 N–H and O–H groups in total. The van der Waals surface area contributed by atoms with Crippen molar-refractivity contribution in [1.29, 1.82) is 0 Å². The second-order valence-electron chi connectivity index (χ2n) is 8.88. The molecule has 0 aliphatic heterocycles. The van der Waals surface area contributed by atoms with E-state index in [1.54, 1.807) is 0 Å². The molecule has 0 bridgehead atoms. The molecule has 166 valence electrons. The molecule has 0 amide bonds. The summed E-state index contributed by atoms with van der Waals surface area (Å²) in [6.45, 7) is 13.3. The van der Waals surface area contributed by atoms with Crippen LogP contribution in [0.3, 0.4) is 0 Å². The molecular weight excluding hydrogens is 368 g/mol. The molecule has 30 heavy (non-hydrogen) atoms. The first-order valence-corrected chi connectivity index (χ1v) is 12.0. The highest BCUT2D eigenvalue weighted by atomic mass is 16.3. The zero-order chi connectivity index (χ0) is 22.4. The van der Waals surface area contributed by atoms with Crippen LogP contribution in [0.4, 0.5) is 0 Å². The van der Waals surface area contributed by atoms with E-state index in [0.29, 0.717) is 11.5 Å². The van der Waals surface area contributed by atoms with E-state index in [4.69, 9.17) is 0 Å². The summed E-state index contributed by atoms with van der Waals surface area (Å²) in [6.07, 6.45) is 7.91. The van der Waals surface area contributed by atoms with Crippen LogP contribution in [-0.2, 0) is 23.7 Å². The fourth-order valence-corrected chi connectivity index (χ4v) is 5.29. The van der Waals surface area contributed by atoms with E-state index in [1.807, 2.05) is 12.1 Å². The van der Waals surface area contributed by atoms with Gasteiger partial charge in [0.2, 0.25) is 0 Å². The average Bonchev–Trinajstić information content (AvgIpc) is 2.77. The Kier molecular flexibility index (Phi) is 8.41. The van der Waals surface area contributed by atoms with Gasteiger partial charge in [0.05, 0.1) is 0 Å². The molecule has 0 spiro atoms. The summed E-state index contributed by atoms with van der Waals surface area (Å²) in [4.78, 5) is 0. The van der Waals surface area contributed by atoms with Gasteiger partial charge in [0, 0.05) is 11.1 Å². The molecule has 0 aliphatic carbocycles. The highest BCUT2D eigenvalue weighted by Crippen LogP contribution is 2.41. The zero-order valence-electron chi connectivity index (χ0n) is 20.0. The number of aryl methyl sites for hydroxylation is 2. The van der Waals surface area contributed by atoms with Crippen LogP contribution in [0, 0.1) is 0 Å². The lowest BCUT2D eigenvalue weighted by atomic mass is 9.73. The molecule has 0 heterocycles. The number of phenolic OH excluding ortho intramolecular Hbond substituents is 2. The second-order valence-corrected chi connectivity index (χ2v) is 8.88. The van der Waals surface area contributed by atoms with Crippen LogP contribution in [0.5, 0.6) is 11.5 Å². The lowest BCUT2D eigenvalue weighted by molar-refractivity contribution is 0.357. The normalized spacial score (nSPS) is 12.3. The molecule has 2 aromatic rings. The maximum Gasteiger partial charge on any atom is 0.119 e. The van der Waals surface area contributed by atoms with Gasteiger partial charge in [0.15, 0.2) is 0 Å². The van der Waals surface area contributed by atoms with Crippen LogP contribution in [0.1, 0.15) is 102 Å². The van der Waals surface area contributed by atoms with Crippen molar-refractivity contribution in [3.8, 4) is 11.5 Å². The van der Waals surface area contributed by atoms with Crippen molar-refractivity contribution in [1.82, 2.24) is 0 Å². The molecule has 0 unspecified atom stereocenters. The van der Waals surface area contributed by atoms with Crippen molar-refractivity contribution < 1.29 is 10.2 Å². The number of aromatic hydroxyl groups is 2. The summed E-state index contributed by atoms with van der Waals surface area (Å²) < 4.78 is 0. The summed E-state index contributed by atoms with van der Waals surface area (Å²) in [6, 6.07) is 12.5. The van der Waals surface area contributed by atoms with Gasteiger partial charge in [0.25, 0.3) is 0 Å². The number of benzene rings is 2. The smallest absolute Gasteiger partial charge is 0.119 e. The molecule has 0 fully saturated rings. The highest BCUT2D eigenvalue weighted by molar-refractivity contribution is 5.44. The van der Waals surface area contributed by atoms with Gasteiger partial charge in [-0.25, -0.2) is 0 Å². The van der Waals surface area contributed by atoms with Gasteiger partial charge in [-0.1, -0.05) is 65.8 Å². The maximum absolute atomic E-state index is 10.7. The average molecular weight is 411 g/mol. The lowest BCUT2D eigenvalue weighted by Gasteiger charge is -2.32. The van der Waals surface area contributed by atoms with Crippen molar-refractivity contribution in [2.75, 3.05) is 0 Å².